The summed E-state index contributed by atoms with van der Waals surface area (Å²) in [6, 6.07) is 16.8. The number of ether oxygens (including phenoxy) is 2. The first-order chi connectivity index (χ1) is 19.5. The Morgan fingerprint density at radius 3 is 2.39 bits per heavy atom. The maximum absolute atomic E-state index is 15.0. The molecule has 5 rings (SSSR count). The molecule has 0 bridgehead atoms. The third kappa shape index (κ3) is 6.45. The van der Waals surface area contributed by atoms with Crippen LogP contribution < -0.4 is 9.47 Å². The number of rotatable bonds is 5. The lowest BCUT2D eigenvalue weighted by molar-refractivity contribution is -0.143. The van der Waals surface area contributed by atoms with Crippen LogP contribution in [0.5, 0.6) is 11.5 Å². The smallest absolute Gasteiger partial charge is 0.407 e. The number of carbonyl (C=O) groups is 2. The van der Waals surface area contributed by atoms with Gasteiger partial charge in [-0.05, 0) is 111 Å². The Morgan fingerprint density at radius 2 is 1.73 bits per heavy atom. The summed E-state index contributed by atoms with van der Waals surface area (Å²) in [5, 5.41) is 9.23. The molecule has 0 unspecified atom stereocenters. The highest BCUT2D eigenvalue weighted by Gasteiger charge is 2.28. The molecular weight excluding hydrogens is 521 g/mol. The highest BCUT2D eigenvalue weighted by atomic mass is 19.1. The number of carbonyl (C=O) groups excluding carboxylic acids is 1. The Bertz CT molecular complexity index is 1500. The van der Waals surface area contributed by atoms with Crippen molar-refractivity contribution >= 4 is 23.7 Å². The highest BCUT2D eigenvalue weighted by molar-refractivity contribution is 5.90. The highest BCUT2D eigenvalue weighted by Crippen LogP contribution is 2.39. The van der Waals surface area contributed by atoms with E-state index in [0.29, 0.717) is 36.6 Å². The standard InChI is InChI=1S/C34H36FNO5/c1-21-8-13-28(31(35)16-21)24-7-5-6-23-17-27(41-32(37)34(2,3)4)19-30(29(23)18-24)22-9-11-25(12-10-22)40-26-14-15-36(20-26)33(38)39/h8-13,16-19,26H,5-7,14-15,20H2,1-4H3,(H,38,39)/t26-/m0/s1. The summed E-state index contributed by atoms with van der Waals surface area (Å²) >= 11 is 0. The van der Waals surface area contributed by atoms with E-state index < -0.39 is 11.5 Å². The normalized spacial score (nSPS) is 17.0. The Hall–Kier alpha value is -4.13. The number of esters is 1. The van der Waals surface area contributed by atoms with E-state index in [1.807, 2.05) is 76.2 Å². The number of likely N-dealkylation sites (tertiary alicyclic amines) is 1. The minimum absolute atomic E-state index is 0.191. The summed E-state index contributed by atoms with van der Waals surface area (Å²) in [6.07, 6.45) is 3.92. The predicted octanol–water partition coefficient (Wildman–Crippen LogP) is 7.76. The van der Waals surface area contributed by atoms with Crippen molar-refractivity contribution in [1.82, 2.24) is 4.90 Å². The van der Waals surface area contributed by atoms with Crippen LogP contribution in [0.25, 0.3) is 22.8 Å². The lowest BCUT2D eigenvalue weighted by atomic mass is 9.92. The van der Waals surface area contributed by atoms with Crippen LogP contribution in [0.3, 0.4) is 0 Å². The third-order valence-electron chi connectivity index (χ3n) is 7.63. The van der Waals surface area contributed by atoms with Crippen LogP contribution in [0.2, 0.25) is 0 Å². The van der Waals surface area contributed by atoms with E-state index in [0.717, 1.165) is 52.7 Å². The zero-order chi connectivity index (χ0) is 29.3. The first-order valence-corrected chi connectivity index (χ1v) is 14.1. The van der Waals surface area contributed by atoms with Crippen molar-refractivity contribution in [3.8, 4) is 22.6 Å². The van der Waals surface area contributed by atoms with Gasteiger partial charge in [0, 0.05) is 18.5 Å². The summed E-state index contributed by atoms with van der Waals surface area (Å²) in [7, 11) is 0. The molecular formula is C34H36FNO5. The Balaban J connectivity index is 1.53. The minimum Gasteiger partial charge on any atom is -0.489 e. The summed E-state index contributed by atoms with van der Waals surface area (Å²) in [5.74, 6) is 0.597. The van der Waals surface area contributed by atoms with Crippen molar-refractivity contribution < 1.29 is 28.6 Å². The van der Waals surface area contributed by atoms with Gasteiger partial charge in [-0.1, -0.05) is 30.3 Å². The molecule has 0 aromatic heterocycles. The summed E-state index contributed by atoms with van der Waals surface area (Å²) in [6.45, 7) is 8.15. The topological polar surface area (TPSA) is 76.1 Å². The largest absolute Gasteiger partial charge is 0.489 e. The molecule has 6 nitrogen and oxygen atoms in total. The van der Waals surface area contributed by atoms with E-state index in [-0.39, 0.29) is 17.9 Å². The zero-order valence-corrected chi connectivity index (χ0v) is 24.0. The number of halogens is 1. The van der Waals surface area contributed by atoms with E-state index in [4.69, 9.17) is 9.47 Å². The second kappa shape index (κ2) is 11.4. The van der Waals surface area contributed by atoms with Gasteiger partial charge in [0.15, 0.2) is 0 Å². The van der Waals surface area contributed by atoms with E-state index in [1.165, 1.54) is 4.90 Å². The predicted molar refractivity (Wildman–Crippen MR) is 158 cm³/mol. The van der Waals surface area contributed by atoms with E-state index in [1.54, 1.807) is 6.07 Å². The van der Waals surface area contributed by atoms with E-state index >= 15 is 4.39 Å². The molecule has 1 aliphatic heterocycles. The molecule has 1 saturated heterocycles. The molecule has 214 valence electrons. The number of benzene rings is 3. The number of hydrogen-bond donors (Lipinski definition) is 1. The van der Waals surface area contributed by atoms with Crippen molar-refractivity contribution in [1.29, 1.82) is 0 Å². The molecule has 7 heteroatoms. The monoisotopic (exact) mass is 557 g/mol. The number of nitrogens with zero attached hydrogens (tertiary/aromatic N) is 1. The lowest BCUT2D eigenvalue weighted by Crippen LogP contribution is -2.29. The van der Waals surface area contributed by atoms with Crippen LogP contribution in [0.4, 0.5) is 9.18 Å². The number of allylic oxidation sites excluding steroid dienone is 1. The summed E-state index contributed by atoms with van der Waals surface area (Å²) in [4.78, 5) is 25.4. The van der Waals surface area contributed by atoms with Crippen molar-refractivity contribution in [3.05, 3.63) is 82.7 Å². The van der Waals surface area contributed by atoms with Gasteiger partial charge in [0.25, 0.3) is 0 Å². The average molecular weight is 558 g/mol. The molecule has 3 aromatic carbocycles. The number of aryl methyl sites for hydroxylation is 2. The van der Waals surface area contributed by atoms with Gasteiger partial charge in [-0.2, -0.15) is 0 Å². The summed E-state index contributed by atoms with van der Waals surface area (Å²) in [5.41, 5.74) is 5.58. The van der Waals surface area contributed by atoms with Crippen molar-refractivity contribution in [2.24, 2.45) is 5.41 Å². The molecule has 41 heavy (non-hydrogen) atoms. The molecule has 1 N–H and O–H groups in total. The first kappa shape index (κ1) is 28.4. The van der Waals surface area contributed by atoms with Crippen molar-refractivity contribution in [3.63, 3.8) is 0 Å². The molecule has 0 radical (unpaired) electrons. The maximum atomic E-state index is 15.0. The number of carboxylic acid groups (broad SMARTS) is 1. The van der Waals surface area contributed by atoms with Gasteiger partial charge in [-0.15, -0.1) is 0 Å². The van der Waals surface area contributed by atoms with Crippen molar-refractivity contribution in [2.45, 2.75) is 59.5 Å². The number of hydrogen-bond acceptors (Lipinski definition) is 4. The molecule has 1 aliphatic carbocycles. The van der Waals surface area contributed by atoms with Crippen LogP contribution in [0, 0.1) is 18.2 Å². The minimum atomic E-state index is -0.933. The van der Waals surface area contributed by atoms with Gasteiger partial charge in [0.1, 0.15) is 23.4 Å². The van der Waals surface area contributed by atoms with Gasteiger partial charge in [-0.25, -0.2) is 9.18 Å². The Labute approximate surface area is 240 Å². The molecule has 1 amide bonds. The molecule has 2 aliphatic rings. The maximum Gasteiger partial charge on any atom is 0.407 e. The van der Waals surface area contributed by atoms with Crippen LogP contribution in [-0.2, 0) is 11.2 Å². The van der Waals surface area contributed by atoms with Gasteiger partial charge < -0.3 is 19.5 Å². The quantitative estimate of drug-likeness (QED) is 0.256. The van der Waals surface area contributed by atoms with Crippen LogP contribution in [0.1, 0.15) is 62.3 Å². The second-order valence-corrected chi connectivity index (χ2v) is 12.0. The SMILES string of the molecule is Cc1ccc(C2=Cc3c(cc(OC(=O)C(C)(C)C)cc3-c3ccc(O[C@H]4CCN(C(=O)O)C4)cc3)CCC2)c(F)c1. The van der Waals surface area contributed by atoms with Crippen LogP contribution in [-0.4, -0.2) is 41.3 Å². The van der Waals surface area contributed by atoms with Gasteiger partial charge in [0.05, 0.1) is 12.0 Å². The van der Waals surface area contributed by atoms with Crippen LogP contribution in [0.15, 0.2) is 54.6 Å². The fraction of sp³-hybridized carbons (Fsp3) is 0.353. The molecule has 3 aromatic rings. The molecule has 1 atom stereocenters. The van der Waals surface area contributed by atoms with E-state index in [9.17, 15) is 14.7 Å². The number of fused-ring (bicyclic) bond motifs is 1. The fourth-order valence-electron chi connectivity index (χ4n) is 5.33. The Morgan fingerprint density at radius 1 is 0.976 bits per heavy atom. The second-order valence-electron chi connectivity index (χ2n) is 12.0. The fourth-order valence-corrected chi connectivity index (χ4v) is 5.33. The average Bonchev–Trinajstić information content (AvgIpc) is 3.28. The van der Waals surface area contributed by atoms with Gasteiger partial charge in [0.2, 0.25) is 0 Å². The Kier molecular flexibility index (Phi) is 7.89. The molecule has 0 saturated carbocycles. The van der Waals surface area contributed by atoms with Crippen LogP contribution >= 0.6 is 0 Å². The summed E-state index contributed by atoms with van der Waals surface area (Å²) < 4.78 is 26.9. The molecule has 1 heterocycles. The van der Waals surface area contributed by atoms with Gasteiger partial charge in [-0.3, -0.25) is 4.79 Å². The first-order valence-electron chi connectivity index (χ1n) is 14.1. The van der Waals surface area contributed by atoms with Gasteiger partial charge >= 0.3 is 12.1 Å². The van der Waals surface area contributed by atoms with Crippen molar-refractivity contribution in [2.75, 3.05) is 13.1 Å². The molecule has 1 fully saturated rings. The molecule has 0 spiro atoms. The lowest BCUT2D eigenvalue weighted by Gasteiger charge is -2.19. The number of amides is 1. The van der Waals surface area contributed by atoms with E-state index in [2.05, 4.69) is 6.08 Å². The zero-order valence-electron chi connectivity index (χ0n) is 24.0. The third-order valence-corrected chi connectivity index (χ3v) is 7.63.